The van der Waals surface area contributed by atoms with Gasteiger partial charge >= 0.3 is 0 Å². The molecule has 0 saturated carbocycles. The van der Waals surface area contributed by atoms with E-state index in [-0.39, 0.29) is 0 Å². The van der Waals surface area contributed by atoms with E-state index >= 15 is 0 Å². The quantitative estimate of drug-likeness (QED) is 0.723. The van der Waals surface area contributed by atoms with E-state index in [1.807, 2.05) is 12.1 Å². The molecule has 0 unspecified atom stereocenters. The third-order valence-electron chi connectivity index (χ3n) is 2.63. The standard InChI is InChI=1S/C13H18N4O2S/c1-18-7-8-19-6-5-16-13-11(12(14)17-20-13)10-3-2-4-15-9-10/h2-4,9,16H,5-8H2,1H3,(H2,14,17). The molecule has 0 aromatic carbocycles. The van der Waals surface area contributed by atoms with Crippen LogP contribution in [0.25, 0.3) is 11.1 Å². The Kier molecular flexibility index (Phi) is 5.72. The van der Waals surface area contributed by atoms with E-state index in [0.717, 1.165) is 16.1 Å². The van der Waals surface area contributed by atoms with Crippen molar-refractivity contribution in [2.75, 3.05) is 44.5 Å². The maximum absolute atomic E-state index is 5.93. The summed E-state index contributed by atoms with van der Waals surface area (Å²) < 4.78 is 14.5. The molecular formula is C13H18N4O2S. The summed E-state index contributed by atoms with van der Waals surface area (Å²) >= 11 is 1.35. The maximum Gasteiger partial charge on any atom is 0.147 e. The van der Waals surface area contributed by atoms with Crippen molar-refractivity contribution in [2.24, 2.45) is 0 Å². The van der Waals surface area contributed by atoms with E-state index in [4.69, 9.17) is 15.2 Å². The SMILES string of the molecule is COCCOCCNc1snc(N)c1-c1cccnc1. The van der Waals surface area contributed by atoms with Gasteiger partial charge in [-0.1, -0.05) is 6.07 Å². The number of nitrogens with one attached hydrogen (secondary N) is 1. The lowest BCUT2D eigenvalue weighted by Gasteiger charge is -2.07. The fourth-order valence-corrected chi connectivity index (χ4v) is 2.46. The maximum atomic E-state index is 5.93. The summed E-state index contributed by atoms with van der Waals surface area (Å²) in [5, 5.41) is 4.23. The first-order chi connectivity index (χ1) is 9.83. The second kappa shape index (κ2) is 7.78. The number of nitrogens with zero attached hydrogens (tertiary/aromatic N) is 2. The van der Waals surface area contributed by atoms with E-state index in [2.05, 4.69) is 14.7 Å². The first kappa shape index (κ1) is 14.7. The Morgan fingerprint density at radius 1 is 1.35 bits per heavy atom. The van der Waals surface area contributed by atoms with Crippen LogP contribution in [0.3, 0.4) is 0 Å². The van der Waals surface area contributed by atoms with Crippen molar-refractivity contribution in [3.05, 3.63) is 24.5 Å². The third kappa shape index (κ3) is 3.89. The molecule has 0 aliphatic heterocycles. The summed E-state index contributed by atoms with van der Waals surface area (Å²) in [6.07, 6.45) is 3.51. The van der Waals surface area contributed by atoms with Crippen LogP contribution in [0.1, 0.15) is 0 Å². The predicted molar refractivity (Wildman–Crippen MR) is 80.9 cm³/mol. The van der Waals surface area contributed by atoms with Crippen LogP contribution in [0.4, 0.5) is 10.8 Å². The summed E-state index contributed by atoms with van der Waals surface area (Å²) in [4.78, 5) is 4.11. The number of rotatable bonds is 8. The monoisotopic (exact) mass is 294 g/mol. The van der Waals surface area contributed by atoms with Crippen LogP contribution in [-0.4, -0.2) is 42.8 Å². The lowest BCUT2D eigenvalue weighted by molar-refractivity contribution is 0.0759. The van der Waals surface area contributed by atoms with Gasteiger partial charge in [-0.2, -0.15) is 4.37 Å². The number of methoxy groups -OCH3 is 1. The molecule has 108 valence electrons. The summed E-state index contributed by atoms with van der Waals surface area (Å²) in [5.74, 6) is 0.519. The molecule has 7 heteroatoms. The second-order valence-electron chi connectivity index (χ2n) is 4.05. The molecule has 0 saturated heterocycles. The average Bonchev–Trinajstić information content (AvgIpc) is 2.84. The highest BCUT2D eigenvalue weighted by Crippen LogP contribution is 2.35. The largest absolute Gasteiger partial charge is 0.382 e. The van der Waals surface area contributed by atoms with Crippen LogP contribution >= 0.6 is 11.5 Å². The van der Waals surface area contributed by atoms with E-state index < -0.39 is 0 Å². The van der Waals surface area contributed by atoms with Gasteiger partial charge in [-0.05, 0) is 17.6 Å². The van der Waals surface area contributed by atoms with Crippen LogP contribution in [0.5, 0.6) is 0 Å². The molecule has 2 heterocycles. The minimum Gasteiger partial charge on any atom is -0.382 e. The molecular weight excluding hydrogens is 276 g/mol. The number of pyridine rings is 1. The van der Waals surface area contributed by atoms with Gasteiger partial charge in [0.05, 0.1) is 25.4 Å². The van der Waals surface area contributed by atoms with Gasteiger partial charge in [0, 0.05) is 31.6 Å². The zero-order chi connectivity index (χ0) is 14.2. The summed E-state index contributed by atoms with van der Waals surface area (Å²) in [7, 11) is 1.65. The van der Waals surface area contributed by atoms with Crippen LogP contribution in [0.2, 0.25) is 0 Å². The van der Waals surface area contributed by atoms with Crippen molar-refractivity contribution >= 4 is 22.4 Å². The Morgan fingerprint density at radius 3 is 3.00 bits per heavy atom. The molecule has 6 nitrogen and oxygen atoms in total. The minimum atomic E-state index is 0.519. The van der Waals surface area contributed by atoms with Crippen LogP contribution < -0.4 is 11.1 Å². The molecule has 0 radical (unpaired) electrons. The third-order valence-corrected chi connectivity index (χ3v) is 3.45. The molecule has 2 rings (SSSR count). The number of aromatic nitrogens is 2. The minimum absolute atomic E-state index is 0.519. The van der Waals surface area contributed by atoms with E-state index in [1.54, 1.807) is 19.5 Å². The molecule has 0 aliphatic rings. The van der Waals surface area contributed by atoms with E-state index in [0.29, 0.717) is 32.2 Å². The first-order valence-corrected chi connectivity index (χ1v) is 7.06. The van der Waals surface area contributed by atoms with Crippen molar-refractivity contribution in [2.45, 2.75) is 0 Å². The van der Waals surface area contributed by atoms with Crippen molar-refractivity contribution < 1.29 is 9.47 Å². The fraction of sp³-hybridized carbons (Fsp3) is 0.385. The Morgan fingerprint density at radius 2 is 2.25 bits per heavy atom. The molecule has 2 aromatic rings. The number of hydrogen-bond donors (Lipinski definition) is 2. The molecule has 2 aromatic heterocycles. The zero-order valence-corrected chi connectivity index (χ0v) is 12.2. The number of ether oxygens (including phenoxy) is 2. The zero-order valence-electron chi connectivity index (χ0n) is 11.3. The Hall–Kier alpha value is -1.70. The van der Waals surface area contributed by atoms with E-state index in [9.17, 15) is 0 Å². The van der Waals surface area contributed by atoms with Gasteiger partial charge in [0.15, 0.2) is 0 Å². The van der Waals surface area contributed by atoms with Crippen molar-refractivity contribution in [3.8, 4) is 11.1 Å². The van der Waals surface area contributed by atoms with E-state index in [1.165, 1.54) is 11.5 Å². The van der Waals surface area contributed by atoms with Gasteiger partial charge in [-0.3, -0.25) is 4.98 Å². The fourth-order valence-electron chi connectivity index (χ4n) is 1.69. The highest BCUT2D eigenvalue weighted by Gasteiger charge is 2.13. The molecule has 0 fully saturated rings. The van der Waals surface area contributed by atoms with Crippen LogP contribution in [-0.2, 0) is 9.47 Å². The summed E-state index contributed by atoms with van der Waals surface area (Å²) in [6.45, 7) is 2.50. The highest BCUT2D eigenvalue weighted by molar-refractivity contribution is 7.11. The lowest BCUT2D eigenvalue weighted by Crippen LogP contribution is -2.11. The van der Waals surface area contributed by atoms with Gasteiger partial charge in [0.2, 0.25) is 0 Å². The molecule has 0 bridgehead atoms. The normalized spacial score (nSPS) is 10.7. The molecule has 3 N–H and O–H groups in total. The predicted octanol–water partition coefficient (Wildman–Crippen LogP) is 1.86. The van der Waals surface area contributed by atoms with Crippen molar-refractivity contribution in [1.82, 2.24) is 9.36 Å². The molecule has 20 heavy (non-hydrogen) atoms. The van der Waals surface area contributed by atoms with Crippen LogP contribution in [0.15, 0.2) is 24.5 Å². The van der Waals surface area contributed by atoms with Gasteiger partial charge in [-0.25, -0.2) is 0 Å². The molecule has 0 amide bonds. The second-order valence-corrected chi connectivity index (χ2v) is 4.82. The van der Waals surface area contributed by atoms with Gasteiger partial charge < -0.3 is 20.5 Å². The molecule has 0 atom stereocenters. The Balaban J connectivity index is 1.93. The Labute approximate surface area is 122 Å². The summed E-state index contributed by atoms with van der Waals surface area (Å²) in [5.41, 5.74) is 7.79. The molecule has 0 aliphatic carbocycles. The van der Waals surface area contributed by atoms with Gasteiger partial charge in [0.25, 0.3) is 0 Å². The summed E-state index contributed by atoms with van der Waals surface area (Å²) in [6, 6.07) is 3.84. The number of nitrogens with two attached hydrogens (primary N) is 1. The van der Waals surface area contributed by atoms with Crippen molar-refractivity contribution in [3.63, 3.8) is 0 Å². The number of hydrogen-bond acceptors (Lipinski definition) is 7. The highest BCUT2D eigenvalue weighted by atomic mass is 32.1. The average molecular weight is 294 g/mol. The lowest BCUT2D eigenvalue weighted by atomic mass is 10.1. The smallest absolute Gasteiger partial charge is 0.147 e. The van der Waals surface area contributed by atoms with Gasteiger partial charge in [-0.15, -0.1) is 0 Å². The van der Waals surface area contributed by atoms with Crippen LogP contribution in [0, 0.1) is 0 Å². The molecule has 0 spiro atoms. The first-order valence-electron chi connectivity index (χ1n) is 6.29. The Bertz CT molecular complexity index is 518. The van der Waals surface area contributed by atoms with Crippen molar-refractivity contribution in [1.29, 1.82) is 0 Å². The van der Waals surface area contributed by atoms with Gasteiger partial charge in [0.1, 0.15) is 10.8 Å². The topological polar surface area (TPSA) is 82.3 Å². The number of nitrogen functional groups attached to an aromatic ring is 1. The number of anilines is 2.